The summed E-state index contributed by atoms with van der Waals surface area (Å²) in [7, 11) is 0. The maximum Gasteiger partial charge on any atom is 0.152 e. The molecule has 2 aromatic rings. The molecule has 0 unspecified atom stereocenters. The molecule has 0 spiro atoms. The minimum absolute atomic E-state index is 0.577. The van der Waals surface area contributed by atoms with E-state index in [1.807, 2.05) is 13.0 Å². The van der Waals surface area contributed by atoms with E-state index in [0.29, 0.717) is 16.1 Å². The van der Waals surface area contributed by atoms with E-state index >= 15 is 0 Å². The molecule has 0 amide bonds. The van der Waals surface area contributed by atoms with Gasteiger partial charge in [0, 0.05) is 17.1 Å². The highest BCUT2D eigenvalue weighted by Crippen LogP contribution is 2.26. The van der Waals surface area contributed by atoms with Crippen LogP contribution in [0.3, 0.4) is 0 Å². The van der Waals surface area contributed by atoms with Gasteiger partial charge in [0.05, 0.1) is 10.5 Å². The van der Waals surface area contributed by atoms with E-state index in [1.54, 1.807) is 18.3 Å². The number of halogens is 1. The number of rotatable bonds is 1. The molecule has 70 valence electrons. The van der Waals surface area contributed by atoms with Crippen molar-refractivity contribution in [3.8, 4) is 0 Å². The summed E-state index contributed by atoms with van der Waals surface area (Å²) in [4.78, 5) is 14.9. The van der Waals surface area contributed by atoms with Gasteiger partial charge < -0.3 is 0 Å². The van der Waals surface area contributed by atoms with Crippen LogP contribution in [-0.4, -0.2) is 11.3 Å². The molecule has 2 nitrogen and oxygen atoms in total. The Morgan fingerprint density at radius 3 is 2.86 bits per heavy atom. The molecule has 0 aliphatic carbocycles. The lowest BCUT2D eigenvalue weighted by atomic mass is 10.1. The highest BCUT2D eigenvalue weighted by molar-refractivity contribution is 6.36. The SMILES string of the molecule is Cc1ccnc2c(C=O)ccc(Cl)c12. The number of fused-ring (bicyclic) bond motifs is 1. The largest absolute Gasteiger partial charge is 0.298 e. The normalized spacial score (nSPS) is 10.4. The molecule has 0 atom stereocenters. The van der Waals surface area contributed by atoms with Crippen molar-refractivity contribution in [3.05, 3.63) is 40.5 Å². The first-order valence-corrected chi connectivity index (χ1v) is 4.61. The van der Waals surface area contributed by atoms with Gasteiger partial charge >= 0.3 is 0 Å². The summed E-state index contributed by atoms with van der Waals surface area (Å²) in [5.41, 5.74) is 2.28. The summed E-state index contributed by atoms with van der Waals surface area (Å²) < 4.78 is 0. The smallest absolute Gasteiger partial charge is 0.152 e. The standard InChI is InChI=1S/C11H8ClNO/c1-7-4-5-13-11-8(6-14)2-3-9(12)10(7)11/h2-6H,1H3. The van der Waals surface area contributed by atoms with Gasteiger partial charge in [0.25, 0.3) is 0 Å². The molecule has 0 radical (unpaired) electrons. The number of pyridine rings is 1. The number of carbonyl (C=O) groups is 1. The summed E-state index contributed by atoms with van der Waals surface area (Å²) in [5, 5.41) is 1.50. The number of aldehydes is 1. The third-order valence-corrected chi connectivity index (χ3v) is 2.52. The second-order valence-electron chi connectivity index (χ2n) is 3.11. The second kappa shape index (κ2) is 3.39. The molecular weight excluding hydrogens is 198 g/mol. The number of aromatic nitrogens is 1. The fourth-order valence-electron chi connectivity index (χ4n) is 1.50. The predicted molar refractivity (Wildman–Crippen MR) is 56.9 cm³/mol. The predicted octanol–water partition coefficient (Wildman–Crippen LogP) is 3.01. The van der Waals surface area contributed by atoms with Gasteiger partial charge in [0.2, 0.25) is 0 Å². The first-order chi connectivity index (χ1) is 6.74. The van der Waals surface area contributed by atoms with Crippen LogP contribution in [-0.2, 0) is 0 Å². The maximum absolute atomic E-state index is 10.8. The lowest BCUT2D eigenvalue weighted by molar-refractivity contribution is 0.112. The van der Waals surface area contributed by atoms with E-state index < -0.39 is 0 Å². The van der Waals surface area contributed by atoms with Crippen molar-refractivity contribution in [1.82, 2.24) is 4.98 Å². The zero-order valence-corrected chi connectivity index (χ0v) is 8.38. The third-order valence-electron chi connectivity index (χ3n) is 2.21. The Morgan fingerprint density at radius 1 is 1.36 bits per heavy atom. The monoisotopic (exact) mass is 205 g/mol. The van der Waals surface area contributed by atoms with Crippen LogP contribution in [0.1, 0.15) is 15.9 Å². The molecule has 0 saturated heterocycles. The van der Waals surface area contributed by atoms with Crippen LogP contribution < -0.4 is 0 Å². The lowest BCUT2D eigenvalue weighted by Gasteiger charge is -2.04. The van der Waals surface area contributed by atoms with Crippen molar-refractivity contribution in [2.24, 2.45) is 0 Å². The average Bonchev–Trinajstić information content (AvgIpc) is 2.18. The zero-order valence-electron chi connectivity index (χ0n) is 7.62. The number of nitrogens with zero attached hydrogens (tertiary/aromatic N) is 1. The fraction of sp³-hybridized carbons (Fsp3) is 0.0909. The third kappa shape index (κ3) is 1.28. The minimum atomic E-state index is 0.577. The van der Waals surface area contributed by atoms with Crippen LogP contribution in [0, 0.1) is 6.92 Å². The highest BCUT2D eigenvalue weighted by atomic mass is 35.5. The van der Waals surface area contributed by atoms with Crippen LogP contribution in [0.5, 0.6) is 0 Å². The van der Waals surface area contributed by atoms with Crippen molar-refractivity contribution in [1.29, 1.82) is 0 Å². The van der Waals surface area contributed by atoms with Crippen LogP contribution in [0.25, 0.3) is 10.9 Å². The zero-order chi connectivity index (χ0) is 10.1. The Kier molecular flexibility index (Phi) is 2.22. The van der Waals surface area contributed by atoms with Crippen molar-refractivity contribution < 1.29 is 4.79 Å². The number of benzene rings is 1. The molecular formula is C11H8ClNO. The Bertz CT molecular complexity index is 500. The number of hydrogen-bond acceptors (Lipinski definition) is 2. The molecule has 3 heteroatoms. The molecule has 0 aliphatic heterocycles. The van der Waals surface area contributed by atoms with E-state index in [-0.39, 0.29) is 0 Å². The molecule has 0 aliphatic rings. The summed E-state index contributed by atoms with van der Waals surface area (Å²) in [5.74, 6) is 0. The van der Waals surface area contributed by atoms with Gasteiger partial charge in [-0.25, -0.2) is 0 Å². The van der Waals surface area contributed by atoms with Gasteiger partial charge in [-0.05, 0) is 30.7 Å². The van der Waals surface area contributed by atoms with Gasteiger partial charge in [-0.3, -0.25) is 9.78 Å². The molecule has 2 rings (SSSR count). The van der Waals surface area contributed by atoms with Crippen LogP contribution in [0.4, 0.5) is 0 Å². The molecule has 1 heterocycles. The Balaban J connectivity index is 2.98. The van der Waals surface area contributed by atoms with Gasteiger partial charge in [-0.15, -0.1) is 0 Å². The summed E-state index contributed by atoms with van der Waals surface area (Å²) in [6, 6.07) is 5.29. The maximum atomic E-state index is 10.8. The van der Waals surface area contributed by atoms with E-state index in [4.69, 9.17) is 11.6 Å². The first kappa shape index (κ1) is 9.16. The quantitative estimate of drug-likeness (QED) is 0.670. The number of carbonyl (C=O) groups excluding carboxylic acids is 1. The van der Waals surface area contributed by atoms with E-state index in [1.165, 1.54) is 0 Å². The van der Waals surface area contributed by atoms with Crippen LogP contribution in [0.15, 0.2) is 24.4 Å². The topological polar surface area (TPSA) is 30.0 Å². The van der Waals surface area contributed by atoms with E-state index in [2.05, 4.69) is 4.98 Å². The van der Waals surface area contributed by atoms with Crippen molar-refractivity contribution >= 4 is 28.8 Å². The summed E-state index contributed by atoms with van der Waals surface area (Å²) in [6.45, 7) is 1.95. The minimum Gasteiger partial charge on any atom is -0.298 e. The Labute approximate surface area is 86.5 Å². The molecule has 0 saturated carbocycles. The molecule has 0 bridgehead atoms. The van der Waals surface area contributed by atoms with Crippen molar-refractivity contribution in [2.75, 3.05) is 0 Å². The summed E-state index contributed by atoms with van der Waals surface area (Å²) in [6.07, 6.45) is 2.48. The van der Waals surface area contributed by atoms with Crippen molar-refractivity contribution in [2.45, 2.75) is 6.92 Å². The average molecular weight is 206 g/mol. The number of aryl methyl sites for hydroxylation is 1. The lowest BCUT2D eigenvalue weighted by Crippen LogP contribution is -1.89. The number of hydrogen-bond donors (Lipinski definition) is 0. The van der Waals surface area contributed by atoms with Gasteiger partial charge in [-0.1, -0.05) is 11.6 Å². The second-order valence-corrected chi connectivity index (χ2v) is 3.51. The van der Waals surface area contributed by atoms with Crippen LogP contribution >= 0.6 is 11.6 Å². The van der Waals surface area contributed by atoms with Gasteiger partial charge in [0.15, 0.2) is 6.29 Å². The van der Waals surface area contributed by atoms with E-state index in [0.717, 1.165) is 17.2 Å². The molecule has 14 heavy (non-hydrogen) atoms. The highest BCUT2D eigenvalue weighted by Gasteiger charge is 2.06. The molecule has 1 aromatic carbocycles. The molecule has 0 N–H and O–H groups in total. The van der Waals surface area contributed by atoms with Crippen molar-refractivity contribution in [3.63, 3.8) is 0 Å². The molecule has 1 aromatic heterocycles. The van der Waals surface area contributed by atoms with Gasteiger partial charge in [0.1, 0.15) is 0 Å². The van der Waals surface area contributed by atoms with Gasteiger partial charge in [-0.2, -0.15) is 0 Å². The van der Waals surface area contributed by atoms with Crippen LogP contribution in [0.2, 0.25) is 5.02 Å². The summed E-state index contributed by atoms with van der Waals surface area (Å²) >= 11 is 6.04. The Hall–Kier alpha value is -1.41. The molecule has 0 fully saturated rings. The fourth-order valence-corrected chi connectivity index (χ4v) is 1.80. The Morgan fingerprint density at radius 2 is 2.14 bits per heavy atom. The van der Waals surface area contributed by atoms with E-state index in [9.17, 15) is 4.79 Å². The first-order valence-electron chi connectivity index (χ1n) is 4.23.